The van der Waals surface area contributed by atoms with Gasteiger partial charge in [0.1, 0.15) is 23.0 Å². The average Bonchev–Trinajstić information content (AvgIpc) is 3.24. The minimum atomic E-state index is -0.902. The quantitative estimate of drug-likeness (QED) is 0.0843. The molecular weight excluding hydrogens is 941 g/mol. The van der Waals surface area contributed by atoms with E-state index in [1.54, 1.807) is 0 Å². The first kappa shape index (κ1) is 64.6. The van der Waals surface area contributed by atoms with Crippen LogP contribution in [0.1, 0.15) is 259 Å². The summed E-state index contributed by atoms with van der Waals surface area (Å²) in [5.74, 6) is 1.47. The summed E-state index contributed by atoms with van der Waals surface area (Å²) in [6, 6.07) is 17.5. The smallest absolute Gasteiger partial charge is 0.123 e. The summed E-state index contributed by atoms with van der Waals surface area (Å²) in [7, 11) is 0. The van der Waals surface area contributed by atoms with Gasteiger partial charge in [0.25, 0.3) is 0 Å². The normalized spacial score (nSPS) is 13.5. The molecule has 0 atom stereocenters. The van der Waals surface area contributed by atoms with Crippen molar-refractivity contribution in [1.29, 1.82) is 0 Å². The highest BCUT2D eigenvalue weighted by molar-refractivity contribution is 5.56. The lowest BCUT2D eigenvalue weighted by Gasteiger charge is -2.43. The number of aromatic hydroxyl groups is 4. The van der Waals surface area contributed by atoms with E-state index in [4.69, 9.17) is 26.3 Å². The molecule has 0 saturated carbocycles. The van der Waals surface area contributed by atoms with Crippen LogP contribution in [0.25, 0.3) is 0 Å². The Bertz CT molecular complexity index is 2320. The van der Waals surface area contributed by atoms with Gasteiger partial charge in [-0.1, -0.05) is 263 Å². The third-order valence-corrected chi connectivity index (χ3v) is 16.1. The fraction of sp³-hybridized carbons (Fsp3) is 0.562. The third kappa shape index (κ3) is 14.8. The molecule has 0 saturated heterocycles. The van der Waals surface area contributed by atoms with Crippen LogP contribution in [0.4, 0.5) is 0 Å². The second-order valence-electron chi connectivity index (χ2n) is 31.3. The fourth-order valence-electron chi connectivity index (χ4n) is 11.4. The third-order valence-electron chi connectivity index (χ3n) is 16.1. The monoisotopic (exact) mass is 1050 g/mol. The molecule has 77 heavy (non-hydrogen) atoms. The predicted octanol–water partition coefficient (Wildman–Crippen LogP) is 19.9. The van der Waals surface area contributed by atoms with Crippen molar-refractivity contribution in [3.63, 3.8) is 0 Å². The van der Waals surface area contributed by atoms with Gasteiger partial charge >= 0.3 is 0 Å². The van der Waals surface area contributed by atoms with Crippen molar-refractivity contribution in [3.8, 4) is 23.0 Å². The molecule has 0 spiro atoms. The minimum absolute atomic E-state index is 0.284. The average molecular weight is 1050 g/mol. The number of rotatable bonds is 16. The number of allylic oxidation sites excluding steroid dienone is 4. The standard InChI is InChI=1S/C73H108O4/c1-45(29-33-49-37-53(65(5,6)7)61(74)54(38-49)66(8,9)10)73(46(2)30-34-50-39-55(67(11,12)13)62(75)56(40-50)68(14,15)16,47(3)31-35-51-41-57(69(17,18)19)63(76)58(42-51)70(20,21)22)48(4)32-36-52-43-59(71(23,24)25)64(77)60(44-52)72(26,27)28/h37-44,74-77H,1-4,29-36H2,5-28H3. The van der Waals surface area contributed by atoms with Gasteiger partial charge in [-0.15, -0.1) is 0 Å². The van der Waals surface area contributed by atoms with Gasteiger partial charge in [-0.2, -0.15) is 0 Å². The summed E-state index contributed by atoms with van der Waals surface area (Å²) in [5, 5.41) is 47.2. The van der Waals surface area contributed by atoms with Gasteiger partial charge in [0, 0.05) is 0 Å². The molecule has 4 heteroatoms. The summed E-state index contributed by atoms with van der Waals surface area (Å²) in [6.45, 7) is 72.3. The summed E-state index contributed by atoms with van der Waals surface area (Å²) >= 11 is 0. The van der Waals surface area contributed by atoms with Gasteiger partial charge in [-0.25, -0.2) is 0 Å². The van der Waals surface area contributed by atoms with Crippen LogP contribution in [-0.2, 0) is 69.0 Å². The Kier molecular flexibility index (Phi) is 18.7. The zero-order valence-corrected chi connectivity index (χ0v) is 53.4. The number of aryl methyl sites for hydroxylation is 4. The lowest BCUT2D eigenvalue weighted by atomic mass is 9.60. The Morgan fingerprint density at radius 1 is 0.260 bits per heavy atom. The summed E-state index contributed by atoms with van der Waals surface area (Å²) in [6.07, 6.45) is 5.25. The first-order valence-electron chi connectivity index (χ1n) is 28.8. The summed E-state index contributed by atoms with van der Waals surface area (Å²) < 4.78 is 0. The van der Waals surface area contributed by atoms with E-state index in [2.05, 4.69) is 215 Å². The van der Waals surface area contributed by atoms with Crippen LogP contribution < -0.4 is 0 Å². The second-order valence-corrected chi connectivity index (χ2v) is 31.3. The minimum Gasteiger partial charge on any atom is -0.507 e. The number of hydrogen-bond acceptors (Lipinski definition) is 4. The van der Waals surface area contributed by atoms with Crippen molar-refractivity contribution in [2.75, 3.05) is 0 Å². The molecule has 0 aliphatic rings. The van der Waals surface area contributed by atoms with E-state index in [-0.39, 0.29) is 43.3 Å². The largest absolute Gasteiger partial charge is 0.507 e. The van der Waals surface area contributed by atoms with Crippen LogP contribution in [-0.4, -0.2) is 20.4 Å². The molecule has 4 nitrogen and oxygen atoms in total. The Hall–Kier alpha value is -4.96. The van der Waals surface area contributed by atoms with E-state index in [9.17, 15) is 20.4 Å². The van der Waals surface area contributed by atoms with Crippen molar-refractivity contribution >= 4 is 0 Å². The number of benzene rings is 4. The van der Waals surface area contributed by atoms with Crippen LogP contribution >= 0.6 is 0 Å². The van der Waals surface area contributed by atoms with Crippen molar-refractivity contribution in [3.05, 3.63) is 164 Å². The summed E-state index contributed by atoms with van der Waals surface area (Å²) in [5.41, 5.74) is 12.8. The van der Waals surface area contributed by atoms with Crippen LogP contribution in [0.15, 0.2) is 97.1 Å². The van der Waals surface area contributed by atoms with Gasteiger partial charge in [-0.3, -0.25) is 0 Å². The molecule has 0 aromatic heterocycles. The molecule has 4 rings (SSSR count). The number of phenols is 4. The highest BCUT2D eigenvalue weighted by Gasteiger charge is 2.42. The molecule has 424 valence electrons. The van der Waals surface area contributed by atoms with E-state index < -0.39 is 5.41 Å². The highest BCUT2D eigenvalue weighted by atomic mass is 16.3. The molecule has 0 aliphatic heterocycles. The van der Waals surface area contributed by atoms with Gasteiger partial charge in [-0.05, 0) is 161 Å². The summed E-state index contributed by atoms with van der Waals surface area (Å²) in [4.78, 5) is 0. The Morgan fingerprint density at radius 2 is 0.377 bits per heavy atom. The molecule has 4 aromatic rings. The molecule has 0 heterocycles. The van der Waals surface area contributed by atoms with Crippen molar-refractivity contribution in [2.45, 2.75) is 261 Å². The van der Waals surface area contributed by atoms with E-state index >= 15 is 0 Å². The zero-order chi connectivity index (χ0) is 59.4. The molecule has 0 unspecified atom stereocenters. The van der Waals surface area contributed by atoms with Gasteiger partial charge in [0.05, 0.1) is 5.41 Å². The van der Waals surface area contributed by atoms with Gasteiger partial charge in [0.2, 0.25) is 0 Å². The molecule has 0 aliphatic carbocycles. The van der Waals surface area contributed by atoms with Crippen molar-refractivity contribution < 1.29 is 20.4 Å². The number of hydrogen-bond donors (Lipinski definition) is 4. The van der Waals surface area contributed by atoms with E-state index in [0.717, 1.165) is 89.1 Å². The van der Waals surface area contributed by atoms with Crippen molar-refractivity contribution in [1.82, 2.24) is 0 Å². The second kappa shape index (κ2) is 22.3. The SMILES string of the molecule is C=C(CCc1cc(C(C)(C)C)c(O)c(C(C)(C)C)c1)C(C(=C)CCc1cc(C(C)(C)C)c(O)c(C(C)(C)C)c1)(C(=C)CCc1cc(C(C)(C)C)c(O)c(C(C)(C)C)c1)C(=C)CCc1cc(C(C)(C)C)c(O)c(C(C)(C)C)c1. The Morgan fingerprint density at radius 3 is 0.481 bits per heavy atom. The van der Waals surface area contributed by atoms with Crippen molar-refractivity contribution in [2.24, 2.45) is 5.41 Å². The molecular formula is C73H108O4. The Labute approximate surface area is 471 Å². The van der Waals surface area contributed by atoms with E-state index in [1.807, 2.05) is 0 Å². The molecule has 0 bridgehead atoms. The molecule has 0 fully saturated rings. The van der Waals surface area contributed by atoms with E-state index in [0.29, 0.717) is 74.4 Å². The molecule has 4 N–H and O–H groups in total. The van der Waals surface area contributed by atoms with E-state index in [1.165, 1.54) is 0 Å². The molecule has 0 radical (unpaired) electrons. The van der Waals surface area contributed by atoms with Crippen LogP contribution in [0.3, 0.4) is 0 Å². The zero-order valence-electron chi connectivity index (χ0n) is 53.4. The van der Waals surface area contributed by atoms with Crippen LogP contribution in [0.2, 0.25) is 0 Å². The predicted molar refractivity (Wildman–Crippen MR) is 334 cm³/mol. The van der Waals surface area contributed by atoms with Crippen LogP contribution in [0, 0.1) is 5.41 Å². The number of phenolic OH excluding ortho intramolecular Hbond substituents is 4. The Balaban J connectivity index is 2.05. The maximum absolute atomic E-state index is 11.8. The first-order chi connectivity index (χ1) is 34.5. The first-order valence-corrected chi connectivity index (χ1v) is 28.8. The van der Waals surface area contributed by atoms with Gasteiger partial charge < -0.3 is 20.4 Å². The molecule has 0 amide bonds. The molecule has 4 aromatic carbocycles. The van der Waals surface area contributed by atoms with Gasteiger partial charge in [0.15, 0.2) is 0 Å². The maximum atomic E-state index is 11.8. The lowest BCUT2D eigenvalue weighted by Crippen LogP contribution is -2.31. The fourth-order valence-corrected chi connectivity index (χ4v) is 11.4. The maximum Gasteiger partial charge on any atom is 0.123 e. The topological polar surface area (TPSA) is 80.9 Å². The van der Waals surface area contributed by atoms with Crippen LogP contribution in [0.5, 0.6) is 23.0 Å². The highest BCUT2D eigenvalue weighted by Crippen LogP contribution is 2.54. The lowest BCUT2D eigenvalue weighted by molar-refractivity contribution is 0.422.